The number of carboxylic acids is 1. The number of aliphatic hydroxyl groups excluding tert-OH is 3. The molecule has 0 spiro atoms. The fourth-order valence-corrected chi connectivity index (χ4v) is 12.8. The lowest BCUT2D eigenvalue weighted by Crippen LogP contribution is -2.66. The Morgan fingerprint density at radius 3 is 2.24 bits per heavy atom. The van der Waals surface area contributed by atoms with Crippen LogP contribution in [0.3, 0.4) is 0 Å². The number of Topliss-reactive ketones (excluding diaryl/α,β-unsaturated/α-hetero) is 1. The molecule has 5 aliphatic carbocycles. The Balaban J connectivity index is 1.31. The Morgan fingerprint density at radius 1 is 0.891 bits per heavy atom. The zero-order valence-corrected chi connectivity index (χ0v) is 28.7. The first-order valence-electron chi connectivity index (χ1n) is 17.7. The van der Waals surface area contributed by atoms with E-state index < -0.39 is 53.4 Å². The maximum atomic E-state index is 14.1. The second-order valence-corrected chi connectivity index (χ2v) is 17.6. The van der Waals surface area contributed by atoms with Crippen LogP contribution in [0.5, 0.6) is 0 Å². The maximum Gasteiger partial charge on any atom is 0.310 e. The van der Waals surface area contributed by atoms with Gasteiger partial charge in [0, 0.05) is 5.92 Å². The van der Waals surface area contributed by atoms with Crippen molar-refractivity contribution in [2.75, 3.05) is 0 Å². The number of fused-ring (bicyclic) bond motifs is 7. The normalized spacial score (nSPS) is 52.9. The van der Waals surface area contributed by atoms with Gasteiger partial charge in [-0.15, -0.1) is 0 Å². The van der Waals surface area contributed by atoms with Crippen LogP contribution in [0.25, 0.3) is 0 Å². The summed E-state index contributed by atoms with van der Waals surface area (Å²) < 4.78 is 10.4. The SMILES string of the molecule is C[C@@H]1CC[C@]2(C(=O)O)CC[C@]3(C)C(=CCC4[C@@]5(C)CC[C@H](C(=O)[C@@H]6OC(OC=O)[C@@H](O)[C@H](O)C6O)C(C)(C)C5CC[C@]43C)C2[C@H]1C. The van der Waals surface area contributed by atoms with Gasteiger partial charge in [-0.25, -0.2) is 0 Å². The molecule has 1 saturated heterocycles. The Kier molecular flexibility index (Phi) is 8.23. The first-order valence-corrected chi connectivity index (χ1v) is 17.7. The Morgan fingerprint density at radius 2 is 1.59 bits per heavy atom. The number of aliphatic hydroxyl groups is 3. The van der Waals surface area contributed by atoms with Gasteiger partial charge in [-0.05, 0) is 109 Å². The van der Waals surface area contributed by atoms with Gasteiger partial charge in [0.2, 0.25) is 6.29 Å². The molecule has 5 fully saturated rings. The number of rotatable bonds is 5. The first-order chi connectivity index (χ1) is 21.4. The number of allylic oxidation sites excluding steroid dienone is 2. The van der Waals surface area contributed by atoms with Crippen LogP contribution in [-0.2, 0) is 23.9 Å². The van der Waals surface area contributed by atoms with E-state index in [4.69, 9.17) is 9.47 Å². The molecule has 4 N–H and O–H groups in total. The van der Waals surface area contributed by atoms with Crippen molar-refractivity contribution in [2.45, 2.75) is 137 Å². The third kappa shape index (κ3) is 4.36. The first kappa shape index (κ1) is 34.1. The molecule has 4 saturated carbocycles. The van der Waals surface area contributed by atoms with Gasteiger partial charge in [0.25, 0.3) is 6.47 Å². The fraction of sp³-hybridized carbons (Fsp3) is 0.865. The molecule has 1 heterocycles. The van der Waals surface area contributed by atoms with E-state index in [9.17, 15) is 34.8 Å². The molecule has 5 unspecified atom stereocenters. The van der Waals surface area contributed by atoms with Crippen molar-refractivity contribution in [2.24, 2.45) is 62.6 Å². The smallest absolute Gasteiger partial charge is 0.310 e. The number of aliphatic carboxylic acids is 1. The summed E-state index contributed by atoms with van der Waals surface area (Å²) >= 11 is 0. The summed E-state index contributed by atoms with van der Waals surface area (Å²) in [6.07, 6.45) is 2.14. The molecule has 9 nitrogen and oxygen atoms in total. The highest BCUT2D eigenvalue weighted by Gasteiger charge is 2.70. The molecule has 0 aromatic rings. The monoisotopic (exact) mass is 644 g/mol. The second-order valence-electron chi connectivity index (χ2n) is 17.6. The maximum absolute atomic E-state index is 14.1. The molecule has 6 aliphatic rings. The minimum absolute atomic E-state index is 0.0113. The number of hydrogen-bond acceptors (Lipinski definition) is 8. The topological polar surface area (TPSA) is 151 Å². The van der Waals surface area contributed by atoms with Crippen molar-refractivity contribution in [3.05, 3.63) is 11.6 Å². The minimum Gasteiger partial charge on any atom is -0.481 e. The highest BCUT2D eigenvalue weighted by molar-refractivity contribution is 5.87. The van der Waals surface area contributed by atoms with E-state index in [1.165, 1.54) is 5.57 Å². The zero-order chi connectivity index (χ0) is 33.8. The molecule has 0 aromatic heterocycles. The lowest BCUT2D eigenvalue weighted by molar-refractivity contribution is -0.280. The number of hydrogen-bond donors (Lipinski definition) is 4. The molecule has 46 heavy (non-hydrogen) atoms. The van der Waals surface area contributed by atoms with E-state index in [1.807, 2.05) is 0 Å². The Hall–Kier alpha value is -1.81. The van der Waals surface area contributed by atoms with Crippen LogP contribution in [-0.4, -0.2) is 69.4 Å². The van der Waals surface area contributed by atoms with Gasteiger partial charge < -0.3 is 29.9 Å². The largest absolute Gasteiger partial charge is 0.481 e. The molecule has 0 bridgehead atoms. The summed E-state index contributed by atoms with van der Waals surface area (Å²) in [6, 6.07) is 0. The Bertz CT molecular complexity index is 1290. The van der Waals surface area contributed by atoms with Crippen molar-refractivity contribution >= 4 is 18.2 Å². The van der Waals surface area contributed by atoms with Crippen LogP contribution in [0.15, 0.2) is 11.6 Å². The summed E-state index contributed by atoms with van der Waals surface area (Å²) in [5, 5.41) is 42.2. The average Bonchev–Trinajstić information content (AvgIpc) is 2.99. The van der Waals surface area contributed by atoms with Gasteiger partial charge in [-0.3, -0.25) is 14.4 Å². The predicted molar refractivity (Wildman–Crippen MR) is 169 cm³/mol. The summed E-state index contributed by atoms with van der Waals surface area (Å²) in [4.78, 5) is 38.1. The molecule has 0 radical (unpaired) electrons. The van der Waals surface area contributed by atoms with Gasteiger partial charge in [0.1, 0.15) is 24.4 Å². The third-order valence-corrected chi connectivity index (χ3v) is 15.8. The molecular formula is C37H56O9. The second kappa shape index (κ2) is 11.1. The molecule has 1 aliphatic heterocycles. The summed E-state index contributed by atoms with van der Waals surface area (Å²) in [5.41, 5.74) is 0.117. The van der Waals surface area contributed by atoms with E-state index in [0.29, 0.717) is 24.2 Å². The highest BCUT2D eigenvalue weighted by atomic mass is 16.7. The zero-order valence-electron chi connectivity index (χ0n) is 28.7. The van der Waals surface area contributed by atoms with Crippen LogP contribution >= 0.6 is 0 Å². The lowest BCUT2D eigenvalue weighted by atomic mass is 9.33. The summed E-state index contributed by atoms with van der Waals surface area (Å²) in [5.74, 6) is 0.0567. The van der Waals surface area contributed by atoms with E-state index in [-0.39, 0.29) is 40.3 Å². The average molecular weight is 645 g/mol. The lowest BCUT2D eigenvalue weighted by Gasteiger charge is -2.71. The number of carbonyl (C=O) groups excluding carboxylic acids is 2. The molecule has 6 rings (SSSR count). The summed E-state index contributed by atoms with van der Waals surface area (Å²) in [7, 11) is 0. The Labute approximate surface area is 273 Å². The number of ketones is 1. The van der Waals surface area contributed by atoms with Crippen LogP contribution in [0, 0.1) is 62.6 Å². The quantitative estimate of drug-likeness (QED) is 0.242. The van der Waals surface area contributed by atoms with Crippen molar-refractivity contribution in [1.82, 2.24) is 0 Å². The molecule has 258 valence electrons. The predicted octanol–water partition coefficient (Wildman–Crippen LogP) is 4.89. The van der Waals surface area contributed by atoms with Crippen LogP contribution in [0.2, 0.25) is 0 Å². The van der Waals surface area contributed by atoms with Gasteiger partial charge in [-0.1, -0.05) is 60.1 Å². The van der Waals surface area contributed by atoms with E-state index >= 15 is 0 Å². The van der Waals surface area contributed by atoms with Gasteiger partial charge in [-0.2, -0.15) is 0 Å². The minimum atomic E-state index is -1.69. The van der Waals surface area contributed by atoms with Gasteiger partial charge >= 0.3 is 5.97 Å². The van der Waals surface area contributed by atoms with E-state index in [2.05, 4.69) is 54.5 Å². The molecule has 0 amide bonds. The van der Waals surface area contributed by atoms with Crippen LogP contribution < -0.4 is 0 Å². The van der Waals surface area contributed by atoms with E-state index in [1.54, 1.807) is 0 Å². The van der Waals surface area contributed by atoms with E-state index in [0.717, 1.165) is 51.4 Å². The molecule has 0 aromatic carbocycles. The van der Waals surface area contributed by atoms with Crippen molar-refractivity contribution in [3.63, 3.8) is 0 Å². The number of ether oxygens (including phenoxy) is 2. The molecular weight excluding hydrogens is 588 g/mol. The number of carbonyl (C=O) groups is 3. The summed E-state index contributed by atoms with van der Waals surface area (Å²) in [6.45, 7) is 16.3. The number of carboxylic acid groups (broad SMARTS) is 1. The molecule has 9 heteroatoms. The van der Waals surface area contributed by atoms with Crippen molar-refractivity contribution in [1.29, 1.82) is 0 Å². The fourth-order valence-electron chi connectivity index (χ4n) is 12.8. The van der Waals surface area contributed by atoms with Gasteiger partial charge in [0.05, 0.1) is 5.41 Å². The standard InChI is InChI=1S/C37H56O9/c1-19-10-15-37(32(43)44)17-16-35(6)21(25(37)20(19)2)8-9-24-34(5)13-11-22(33(3,4)23(34)12-14-36(24,35)7)26(39)30-28(41)27(40)29(42)31(46-30)45-18-38/h8,18-20,22-25,27-31,40-42H,9-17H2,1-7H3,(H,43,44)/t19-,20+,22-,23?,24?,25?,27-,28?,29+,30+,31?,34+,35-,36-,37+/m1/s1. The van der Waals surface area contributed by atoms with Crippen molar-refractivity contribution < 1.29 is 44.3 Å². The molecule has 15 atom stereocenters. The highest BCUT2D eigenvalue weighted by Crippen LogP contribution is 2.76. The van der Waals surface area contributed by atoms with Crippen LogP contribution in [0.1, 0.15) is 106 Å². The van der Waals surface area contributed by atoms with Gasteiger partial charge in [0.15, 0.2) is 5.78 Å². The van der Waals surface area contributed by atoms with Crippen molar-refractivity contribution in [3.8, 4) is 0 Å². The third-order valence-electron chi connectivity index (χ3n) is 15.8. The van der Waals surface area contributed by atoms with Crippen LogP contribution in [0.4, 0.5) is 0 Å².